The highest BCUT2D eigenvalue weighted by Gasteiger charge is 2.63. The minimum atomic E-state index is -0.580. The maximum atomic E-state index is 6.64. The Balaban J connectivity index is 0.000000125. The minimum absolute atomic E-state index is 0. The van der Waals surface area contributed by atoms with Crippen molar-refractivity contribution in [2.24, 2.45) is 0 Å². The summed E-state index contributed by atoms with van der Waals surface area (Å²) in [6, 6.07) is 150. The molecule has 4 unspecified atom stereocenters. The third-order valence-corrected chi connectivity index (χ3v) is 27.6. The predicted octanol–water partition coefficient (Wildman–Crippen LogP) is 25.2. The molecule has 2 spiro atoms. The van der Waals surface area contributed by atoms with E-state index in [4.69, 9.17) is 30.9 Å². The summed E-state index contributed by atoms with van der Waals surface area (Å²) in [5.41, 5.74) is 38.5. The van der Waals surface area contributed by atoms with Crippen molar-refractivity contribution in [1.29, 1.82) is 0 Å². The van der Waals surface area contributed by atoms with Crippen LogP contribution in [0.3, 0.4) is 0 Å². The Bertz CT molecular complexity index is 7120. The molecule has 6 aliphatic carbocycles. The number of fused-ring (bicyclic) bond motifs is 24. The highest BCUT2D eigenvalue weighted by atomic mass is 35.5. The van der Waals surface area contributed by atoms with Crippen molar-refractivity contribution in [2.75, 3.05) is 0 Å². The number of hydrogen-bond acceptors (Lipinski definition) is 6. The molecule has 0 N–H and O–H groups in total. The topological polar surface area (TPSA) is 70.0 Å². The molecule has 4 atom stereocenters. The zero-order valence-electron chi connectivity index (χ0n) is 67.8. The molecule has 25 rings (SSSR count). The molecular formula is C115H88B2ClN4O2-. The second-order valence-corrected chi connectivity index (χ2v) is 34.3. The molecule has 6 nitrogen and oxygen atoms in total. The molecule has 7 aliphatic rings. The molecule has 594 valence electrons. The fourth-order valence-electron chi connectivity index (χ4n) is 21.8. The first-order chi connectivity index (χ1) is 59.9. The van der Waals surface area contributed by atoms with Crippen LogP contribution in [0.5, 0.6) is 0 Å². The number of hydrogen-bond donors (Lipinski definition) is 0. The van der Waals surface area contributed by atoms with E-state index in [1.54, 1.807) is 0 Å². The van der Waals surface area contributed by atoms with E-state index in [2.05, 4.69) is 383 Å². The predicted molar refractivity (Wildman–Crippen MR) is 513 cm³/mol. The molecule has 124 heavy (non-hydrogen) atoms. The van der Waals surface area contributed by atoms with Crippen molar-refractivity contribution < 1.29 is 9.31 Å². The van der Waals surface area contributed by atoms with Crippen molar-refractivity contribution in [1.82, 2.24) is 19.9 Å². The van der Waals surface area contributed by atoms with E-state index in [0.29, 0.717) is 5.82 Å². The molecule has 0 saturated carbocycles. The molecule has 3 heterocycles. The highest BCUT2D eigenvalue weighted by molar-refractivity contribution is 6.62. The van der Waals surface area contributed by atoms with Crippen LogP contribution in [-0.2, 0) is 31.0 Å². The summed E-state index contributed by atoms with van der Waals surface area (Å²) in [7, 11) is -0.445. The van der Waals surface area contributed by atoms with Gasteiger partial charge in [0.05, 0.1) is 55.6 Å². The van der Waals surface area contributed by atoms with Crippen LogP contribution < -0.4 is 5.46 Å². The summed E-state index contributed by atoms with van der Waals surface area (Å²) >= 11 is 6.03. The zero-order chi connectivity index (χ0) is 81.7. The van der Waals surface area contributed by atoms with Gasteiger partial charge in [0.25, 0.3) is 0 Å². The van der Waals surface area contributed by atoms with Crippen LogP contribution in [0.2, 0.25) is 5.28 Å². The molecule has 16 aromatic carbocycles. The first kappa shape index (κ1) is 77.4. The molecule has 1 fully saturated rings. The van der Waals surface area contributed by atoms with Gasteiger partial charge in [-0.25, -0.2) is 19.9 Å². The Labute approximate surface area is 732 Å². The quantitative estimate of drug-likeness (QED) is 0.112. The van der Waals surface area contributed by atoms with Crippen molar-refractivity contribution in [2.45, 2.75) is 68.0 Å². The van der Waals surface area contributed by atoms with E-state index in [9.17, 15) is 0 Å². The summed E-state index contributed by atoms with van der Waals surface area (Å²) < 4.78 is 13.3. The summed E-state index contributed by atoms with van der Waals surface area (Å²) in [6.45, 7) is 8.51. The van der Waals surface area contributed by atoms with Crippen LogP contribution in [0.25, 0.3) is 101 Å². The molecule has 0 bridgehead atoms. The molecule has 0 radical (unpaired) electrons. The Hall–Kier alpha value is -14.0. The molecule has 9 heteroatoms. The first-order valence-electron chi connectivity index (χ1n) is 42.2. The fourth-order valence-corrected chi connectivity index (χ4v) is 22.0. The van der Waals surface area contributed by atoms with Gasteiger partial charge in [-0.15, -0.1) is 0 Å². The molecule has 18 aromatic rings. The van der Waals surface area contributed by atoms with Gasteiger partial charge in [0.1, 0.15) is 0 Å². The van der Waals surface area contributed by atoms with Gasteiger partial charge in [-0.1, -0.05) is 410 Å². The number of aromatic nitrogens is 4. The summed E-state index contributed by atoms with van der Waals surface area (Å²) in [6.07, 6.45) is 0. The smallest absolute Gasteiger partial charge is 0.399 e. The van der Waals surface area contributed by atoms with Gasteiger partial charge in [0.2, 0.25) is 5.28 Å². The van der Waals surface area contributed by atoms with Crippen molar-refractivity contribution >= 4 is 32.6 Å². The van der Waals surface area contributed by atoms with E-state index >= 15 is 0 Å². The average Bonchev–Trinajstić information content (AvgIpc) is 1.48. The molecule has 2 aromatic heterocycles. The van der Waals surface area contributed by atoms with E-state index in [1.165, 1.54) is 134 Å². The standard InChI is InChI=1S/C54H34N2.C44H35BO2.C16H11ClN2.CH4.BH4/c1-4-17-35(18-5-1)49-34-50(36-19-6-2-7-20-36)56-52(55-49)37-31-32-41-39-23-10-13-27-44(39)54(48(41)33-37)46-29-15-14-28-45(46)53(38-21-8-3-9-22-38)43-26-12-11-24-40(43)42-25-16-30-47(54)51(42)53;1-41(2)42(3,4)47-45(46-41)29-25-26-32-30-17-8-11-21-35(30)44(39(32)27-29)37-23-13-12-22-36(37)43(28-15-6-5-7-16-28)34-20-10-9-18-31(34)33-19-14-24-38(44)40(33)43;17-16-18-14(12-7-3-1-4-8-12)11-15(19-16)13-9-5-2-6-10-13;;/h1-34H;5-27H,1-4H3;1-11H;2*1H4/q;;;;-1. The third-order valence-electron chi connectivity index (χ3n) is 27.4. The van der Waals surface area contributed by atoms with Crippen LogP contribution >= 0.6 is 11.6 Å². The summed E-state index contributed by atoms with van der Waals surface area (Å²) in [5.74, 6) is 0.715. The van der Waals surface area contributed by atoms with Gasteiger partial charge < -0.3 is 9.31 Å². The lowest BCUT2D eigenvalue weighted by Gasteiger charge is -2.48. The maximum absolute atomic E-state index is 6.64. The number of benzene rings is 16. The second-order valence-electron chi connectivity index (χ2n) is 33.9. The van der Waals surface area contributed by atoms with E-state index in [1.807, 2.05) is 66.7 Å². The SMILES string of the molecule is C.CC1(C)OB(c2ccc3c(c2)C2(c4ccccc4-3)c3ccccc3C3(c4ccccc4)c4ccccc4-c4cccc2c43)OC1(C)C.Clc1nc(-c2ccccc2)cc(-c2ccccc2)n1.[BH4-].c1ccc(-c2cc(-c3ccccc3)nc(-c3ccc4c(c3)C3(c5ccccc5-4)c4ccccc4C4(c5ccccc5)c5ccccc5-c5cccc3c54)n2)cc1. The second kappa shape index (κ2) is 29.7. The zero-order valence-corrected chi connectivity index (χ0v) is 68.6. The maximum Gasteiger partial charge on any atom is 0.494 e. The van der Waals surface area contributed by atoms with Gasteiger partial charge >= 0.3 is 7.12 Å². The summed E-state index contributed by atoms with van der Waals surface area (Å²) in [4.78, 5) is 19.2. The Morgan fingerprint density at radius 2 is 0.508 bits per heavy atom. The molecule has 1 saturated heterocycles. The van der Waals surface area contributed by atoms with Crippen LogP contribution in [0.4, 0.5) is 0 Å². The lowest BCUT2D eigenvalue weighted by Crippen LogP contribution is -2.44. The van der Waals surface area contributed by atoms with Crippen molar-refractivity contribution in [3.05, 3.63) is 507 Å². The van der Waals surface area contributed by atoms with Gasteiger partial charge in [-0.2, -0.15) is 0 Å². The highest BCUT2D eigenvalue weighted by Crippen LogP contribution is 2.71. The Kier molecular flexibility index (Phi) is 18.5. The van der Waals surface area contributed by atoms with Crippen molar-refractivity contribution in [3.8, 4) is 101 Å². The van der Waals surface area contributed by atoms with Gasteiger partial charge in [0, 0.05) is 27.8 Å². The van der Waals surface area contributed by atoms with Gasteiger partial charge in [0.15, 0.2) is 5.82 Å². The monoisotopic (exact) mass is 1610 g/mol. The third kappa shape index (κ3) is 11.2. The van der Waals surface area contributed by atoms with E-state index in [-0.39, 0.29) is 21.1 Å². The lowest BCUT2D eigenvalue weighted by atomic mass is 9.52. The average molecular weight is 1620 g/mol. The first-order valence-corrected chi connectivity index (χ1v) is 42.6. The van der Waals surface area contributed by atoms with Crippen molar-refractivity contribution in [3.63, 3.8) is 0 Å². The van der Waals surface area contributed by atoms with Gasteiger partial charge in [-0.05, 0) is 196 Å². The lowest BCUT2D eigenvalue weighted by molar-refractivity contribution is 0.00578. The van der Waals surface area contributed by atoms with Crippen LogP contribution in [0.1, 0.15) is 124 Å². The number of halogens is 1. The van der Waals surface area contributed by atoms with Crippen LogP contribution in [0, 0.1) is 0 Å². The molecule has 1 aliphatic heterocycles. The van der Waals surface area contributed by atoms with Crippen LogP contribution in [-0.4, -0.2) is 46.7 Å². The normalized spacial score (nSPS) is 18.4. The van der Waals surface area contributed by atoms with E-state index < -0.39 is 40.0 Å². The summed E-state index contributed by atoms with van der Waals surface area (Å²) in [5, 5.41) is 0.264. The largest absolute Gasteiger partial charge is 0.494 e. The van der Waals surface area contributed by atoms with Crippen LogP contribution in [0.15, 0.2) is 413 Å². The van der Waals surface area contributed by atoms with Gasteiger partial charge in [-0.3, -0.25) is 0 Å². The fraction of sp³-hybridized carbons (Fsp3) is 0.0957. The molecular weight excluding hydrogens is 1530 g/mol. The number of rotatable bonds is 8. The Morgan fingerprint density at radius 1 is 0.234 bits per heavy atom. The number of nitrogens with zero attached hydrogens (tertiary/aromatic N) is 4. The van der Waals surface area contributed by atoms with E-state index in [0.717, 1.165) is 56.1 Å². The molecule has 0 amide bonds. The Morgan fingerprint density at radius 3 is 0.887 bits per heavy atom. The minimum Gasteiger partial charge on any atom is -0.399 e.